The lowest BCUT2D eigenvalue weighted by Crippen LogP contribution is -2.59. The summed E-state index contributed by atoms with van der Waals surface area (Å²) in [6.45, 7) is 8.34. The van der Waals surface area contributed by atoms with Crippen LogP contribution in [0.5, 0.6) is 0 Å². The largest absolute Gasteiger partial charge is 0.392 e. The average Bonchev–Trinajstić information content (AvgIpc) is 3.30. The lowest BCUT2D eigenvalue weighted by molar-refractivity contribution is -0.150. The van der Waals surface area contributed by atoms with E-state index in [2.05, 4.69) is 19.2 Å². The Labute approximate surface area is 188 Å². The first-order valence-electron chi connectivity index (χ1n) is 13.1. The third-order valence-corrected chi connectivity index (χ3v) is 9.64. The lowest BCUT2D eigenvalue weighted by atomic mass is 9.51. The molecule has 1 aliphatic heterocycles. The van der Waals surface area contributed by atoms with Gasteiger partial charge < -0.3 is 15.3 Å². The van der Waals surface area contributed by atoms with E-state index >= 15 is 0 Å². The van der Waals surface area contributed by atoms with Crippen molar-refractivity contribution in [3.63, 3.8) is 0 Å². The van der Waals surface area contributed by atoms with Crippen LogP contribution in [-0.2, 0) is 9.59 Å². The highest BCUT2D eigenvalue weighted by atomic mass is 16.3. The average molecular weight is 433 g/mol. The van der Waals surface area contributed by atoms with Gasteiger partial charge in [-0.15, -0.1) is 0 Å². The molecule has 7 unspecified atom stereocenters. The summed E-state index contributed by atoms with van der Waals surface area (Å²) in [7, 11) is 0. The third kappa shape index (κ3) is 4.54. The van der Waals surface area contributed by atoms with Crippen LogP contribution in [0.3, 0.4) is 0 Å². The molecule has 0 aromatic heterocycles. The smallest absolute Gasteiger partial charge is 0.225 e. The Hall–Kier alpha value is -1.10. The molecule has 0 aromatic carbocycles. The summed E-state index contributed by atoms with van der Waals surface area (Å²) < 4.78 is 0. The van der Waals surface area contributed by atoms with Gasteiger partial charge in [-0.05, 0) is 74.5 Å². The molecule has 176 valence electrons. The topological polar surface area (TPSA) is 69.6 Å². The maximum atomic E-state index is 13.1. The van der Waals surface area contributed by atoms with Crippen molar-refractivity contribution >= 4 is 11.8 Å². The molecular formula is C26H44N2O3. The van der Waals surface area contributed by atoms with Crippen LogP contribution in [-0.4, -0.2) is 47.1 Å². The second kappa shape index (κ2) is 9.41. The van der Waals surface area contributed by atoms with Gasteiger partial charge in [0.05, 0.1) is 6.10 Å². The molecule has 2 amide bonds. The summed E-state index contributed by atoms with van der Waals surface area (Å²) in [5, 5.41) is 15.0. The fourth-order valence-corrected chi connectivity index (χ4v) is 7.57. The van der Waals surface area contributed by atoms with E-state index in [-0.39, 0.29) is 52.9 Å². The van der Waals surface area contributed by atoms with E-state index in [4.69, 9.17) is 0 Å². The molecule has 0 spiro atoms. The minimum absolute atomic E-state index is 0.0291. The van der Waals surface area contributed by atoms with Crippen molar-refractivity contribution in [3.8, 4) is 0 Å². The highest BCUT2D eigenvalue weighted by Crippen LogP contribution is 2.55. The number of aliphatic hydroxyl groups is 1. The number of amides is 2. The second-order valence-corrected chi connectivity index (χ2v) is 11.5. The number of hydrogen-bond donors (Lipinski definition) is 2. The third-order valence-electron chi connectivity index (χ3n) is 9.64. The number of hydrogen-bond acceptors (Lipinski definition) is 3. The number of aliphatic hydroxyl groups excluding tert-OH is 1. The molecule has 1 heterocycles. The normalized spacial score (nSPS) is 40.3. The standard InChI is InChI=1S/C26H44N2O3/c1-17(25(31)28-15-7-8-16-28)20-11-13-26(3)14-12-21(18(2)22(26)23(20)29)27-24(30)19-9-5-4-6-10-19/h17-23,29H,4-16H2,1-3H3,(H,27,30). The Morgan fingerprint density at radius 2 is 1.65 bits per heavy atom. The summed E-state index contributed by atoms with van der Waals surface area (Å²) in [5.74, 6) is 0.930. The minimum Gasteiger partial charge on any atom is -0.392 e. The van der Waals surface area contributed by atoms with E-state index in [9.17, 15) is 14.7 Å². The number of carbonyl (C=O) groups excluding carboxylic acids is 2. The Morgan fingerprint density at radius 3 is 2.32 bits per heavy atom. The van der Waals surface area contributed by atoms with Crippen molar-refractivity contribution in [2.75, 3.05) is 13.1 Å². The van der Waals surface area contributed by atoms with E-state index < -0.39 is 6.10 Å². The number of rotatable bonds is 4. The van der Waals surface area contributed by atoms with Crippen molar-refractivity contribution in [3.05, 3.63) is 0 Å². The Morgan fingerprint density at radius 1 is 1.00 bits per heavy atom. The van der Waals surface area contributed by atoms with Gasteiger partial charge in [-0.2, -0.15) is 0 Å². The summed E-state index contributed by atoms with van der Waals surface area (Å²) in [6.07, 6.45) is 11.4. The van der Waals surface area contributed by atoms with Crippen molar-refractivity contribution < 1.29 is 14.7 Å². The van der Waals surface area contributed by atoms with E-state index in [0.717, 1.165) is 64.5 Å². The zero-order chi connectivity index (χ0) is 22.2. The number of nitrogens with one attached hydrogen (secondary N) is 1. The van der Waals surface area contributed by atoms with E-state index in [1.54, 1.807) is 0 Å². The van der Waals surface area contributed by atoms with E-state index in [0.29, 0.717) is 0 Å². The quantitative estimate of drug-likeness (QED) is 0.702. The van der Waals surface area contributed by atoms with Crippen LogP contribution in [0.25, 0.3) is 0 Å². The van der Waals surface area contributed by atoms with Crippen LogP contribution in [0.15, 0.2) is 0 Å². The van der Waals surface area contributed by atoms with Crippen LogP contribution in [0.2, 0.25) is 0 Å². The number of likely N-dealkylation sites (tertiary alicyclic amines) is 1. The maximum Gasteiger partial charge on any atom is 0.225 e. The molecule has 1 saturated heterocycles. The van der Waals surface area contributed by atoms with Gasteiger partial charge in [-0.3, -0.25) is 9.59 Å². The zero-order valence-electron chi connectivity index (χ0n) is 19.9. The molecule has 3 aliphatic carbocycles. The van der Waals surface area contributed by atoms with Crippen LogP contribution in [0.4, 0.5) is 0 Å². The predicted octanol–water partition coefficient (Wildman–Crippen LogP) is 4.13. The lowest BCUT2D eigenvalue weighted by Gasteiger charge is -2.56. The van der Waals surface area contributed by atoms with Crippen LogP contribution < -0.4 is 5.32 Å². The van der Waals surface area contributed by atoms with Crippen LogP contribution in [0, 0.1) is 35.0 Å². The number of carbonyl (C=O) groups is 2. The fourth-order valence-electron chi connectivity index (χ4n) is 7.57. The SMILES string of the molecule is CC(C(=O)N1CCCC1)C1CCC2(C)CCC(NC(=O)C3CCCCC3)C(C)C2C1O. The number of fused-ring (bicyclic) bond motifs is 1. The van der Waals surface area contributed by atoms with E-state index in [1.165, 1.54) is 19.3 Å². The molecule has 5 heteroatoms. The maximum absolute atomic E-state index is 13.1. The monoisotopic (exact) mass is 432 g/mol. The molecule has 5 nitrogen and oxygen atoms in total. The minimum atomic E-state index is -0.468. The van der Waals surface area contributed by atoms with Crippen LogP contribution >= 0.6 is 0 Å². The molecule has 0 radical (unpaired) electrons. The van der Waals surface area contributed by atoms with Gasteiger partial charge in [0.15, 0.2) is 0 Å². The molecule has 31 heavy (non-hydrogen) atoms. The summed E-state index contributed by atoms with van der Waals surface area (Å²) in [5.41, 5.74) is 0.109. The van der Waals surface area contributed by atoms with Crippen molar-refractivity contribution in [2.24, 2.45) is 35.0 Å². The molecule has 2 N–H and O–H groups in total. The first kappa shape index (κ1) is 23.1. The van der Waals surface area contributed by atoms with Gasteiger partial charge in [-0.25, -0.2) is 0 Å². The summed E-state index contributed by atoms with van der Waals surface area (Å²) in [6, 6.07) is 0.144. The van der Waals surface area contributed by atoms with Gasteiger partial charge in [0.2, 0.25) is 11.8 Å². The summed E-state index contributed by atoms with van der Waals surface area (Å²) >= 11 is 0. The van der Waals surface area contributed by atoms with Gasteiger partial charge in [0.25, 0.3) is 0 Å². The molecule has 0 bridgehead atoms. The summed E-state index contributed by atoms with van der Waals surface area (Å²) in [4.78, 5) is 28.0. The molecule has 4 aliphatic rings. The van der Waals surface area contributed by atoms with Gasteiger partial charge in [-0.1, -0.05) is 40.0 Å². The highest BCUT2D eigenvalue weighted by molar-refractivity contribution is 5.79. The van der Waals surface area contributed by atoms with Crippen molar-refractivity contribution in [1.82, 2.24) is 10.2 Å². The second-order valence-electron chi connectivity index (χ2n) is 11.5. The molecule has 4 rings (SSSR count). The highest BCUT2D eigenvalue weighted by Gasteiger charge is 2.54. The van der Waals surface area contributed by atoms with Crippen molar-refractivity contribution in [1.29, 1.82) is 0 Å². The molecule has 4 fully saturated rings. The fraction of sp³-hybridized carbons (Fsp3) is 0.923. The number of nitrogens with zero attached hydrogens (tertiary/aromatic N) is 1. The predicted molar refractivity (Wildman–Crippen MR) is 122 cm³/mol. The zero-order valence-corrected chi connectivity index (χ0v) is 19.9. The van der Waals surface area contributed by atoms with E-state index in [1.807, 2.05) is 11.8 Å². The first-order valence-corrected chi connectivity index (χ1v) is 13.1. The Balaban J connectivity index is 1.44. The molecule has 7 atom stereocenters. The van der Waals surface area contributed by atoms with Gasteiger partial charge in [0, 0.05) is 31.0 Å². The molecule has 3 saturated carbocycles. The molecular weight excluding hydrogens is 388 g/mol. The van der Waals surface area contributed by atoms with Gasteiger partial charge >= 0.3 is 0 Å². The van der Waals surface area contributed by atoms with Crippen LogP contribution in [0.1, 0.15) is 91.4 Å². The Kier molecular flexibility index (Phi) is 7.00. The Bertz CT molecular complexity index is 655. The molecule has 0 aromatic rings. The first-order chi connectivity index (χ1) is 14.8. The van der Waals surface area contributed by atoms with Gasteiger partial charge in [0.1, 0.15) is 0 Å². The van der Waals surface area contributed by atoms with Crippen molar-refractivity contribution in [2.45, 2.75) is 104 Å².